The standard InChI is InChI=1S/C14H17F4N3O/c15-10-4-3-9(12(6-10)14(16,17)18)7-20-13(19)21-8-11-2-1-5-22-11/h3-4,6,11H,1-2,5,7-8H2,(H3,19,20,21). The second kappa shape index (κ2) is 6.95. The number of hydrogen-bond acceptors (Lipinski definition) is 2. The maximum absolute atomic E-state index is 13.0. The lowest BCUT2D eigenvalue weighted by Crippen LogP contribution is -2.37. The topological polar surface area (TPSA) is 59.6 Å². The monoisotopic (exact) mass is 319 g/mol. The molecule has 2 rings (SSSR count). The lowest BCUT2D eigenvalue weighted by atomic mass is 10.1. The number of rotatable bonds is 4. The molecule has 1 aliphatic heterocycles. The van der Waals surface area contributed by atoms with Gasteiger partial charge in [-0.05, 0) is 30.5 Å². The number of hydrogen-bond donors (Lipinski definition) is 2. The zero-order chi connectivity index (χ0) is 16.2. The number of benzene rings is 1. The molecule has 1 unspecified atom stereocenters. The number of nitrogens with one attached hydrogen (secondary N) is 1. The van der Waals surface area contributed by atoms with Crippen LogP contribution in [0.2, 0.25) is 0 Å². The van der Waals surface area contributed by atoms with Crippen LogP contribution >= 0.6 is 0 Å². The second-order valence-corrected chi connectivity index (χ2v) is 5.02. The SMILES string of the molecule is NC(=NCc1ccc(F)cc1C(F)(F)F)NCC1CCCO1. The largest absolute Gasteiger partial charge is 0.416 e. The molecule has 8 heteroatoms. The van der Waals surface area contributed by atoms with E-state index < -0.39 is 17.6 Å². The van der Waals surface area contributed by atoms with Crippen molar-refractivity contribution < 1.29 is 22.3 Å². The van der Waals surface area contributed by atoms with Gasteiger partial charge in [-0.25, -0.2) is 9.38 Å². The van der Waals surface area contributed by atoms with Crippen LogP contribution in [0, 0.1) is 5.82 Å². The molecule has 3 N–H and O–H groups in total. The quantitative estimate of drug-likeness (QED) is 0.509. The summed E-state index contributed by atoms with van der Waals surface area (Å²) in [5.74, 6) is -0.905. The molecule has 0 bridgehead atoms. The minimum Gasteiger partial charge on any atom is -0.376 e. The van der Waals surface area contributed by atoms with Gasteiger partial charge in [-0.3, -0.25) is 0 Å². The molecule has 4 nitrogen and oxygen atoms in total. The Hall–Kier alpha value is -1.83. The number of halogens is 4. The Labute approximate surface area is 125 Å². The number of aliphatic imine (C=N–C) groups is 1. The molecular formula is C14H17F4N3O. The maximum atomic E-state index is 13.0. The van der Waals surface area contributed by atoms with Gasteiger partial charge in [0, 0.05) is 13.2 Å². The Balaban J connectivity index is 1.99. The first-order valence-corrected chi connectivity index (χ1v) is 6.87. The second-order valence-electron chi connectivity index (χ2n) is 5.02. The van der Waals surface area contributed by atoms with Crippen LogP contribution in [0.3, 0.4) is 0 Å². The lowest BCUT2D eigenvalue weighted by molar-refractivity contribution is -0.138. The van der Waals surface area contributed by atoms with Crippen molar-refractivity contribution in [3.63, 3.8) is 0 Å². The van der Waals surface area contributed by atoms with Crippen LogP contribution in [0.5, 0.6) is 0 Å². The summed E-state index contributed by atoms with van der Waals surface area (Å²) in [7, 11) is 0. The summed E-state index contributed by atoms with van der Waals surface area (Å²) in [5.41, 5.74) is 4.45. The Bertz CT molecular complexity index is 539. The van der Waals surface area contributed by atoms with Crippen LogP contribution in [0.1, 0.15) is 24.0 Å². The first-order chi connectivity index (χ1) is 10.4. The van der Waals surface area contributed by atoms with E-state index in [1.165, 1.54) is 0 Å². The highest BCUT2D eigenvalue weighted by atomic mass is 19.4. The summed E-state index contributed by atoms with van der Waals surface area (Å²) in [6.07, 6.45) is -2.69. The molecule has 1 fully saturated rings. The number of guanidine groups is 1. The molecule has 122 valence electrons. The maximum Gasteiger partial charge on any atom is 0.416 e. The van der Waals surface area contributed by atoms with Gasteiger partial charge >= 0.3 is 6.18 Å². The summed E-state index contributed by atoms with van der Waals surface area (Å²) < 4.78 is 56.8. The van der Waals surface area contributed by atoms with Gasteiger partial charge in [0.25, 0.3) is 0 Å². The predicted molar refractivity (Wildman–Crippen MR) is 73.7 cm³/mol. The molecular weight excluding hydrogens is 302 g/mol. The fraction of sp³-hybridized carbons (Fsp3) is 0.500. The fourth-order valence-electron chi connectivity index (χ4n) is 2.20. The minimum atomic E-state index is -4.63. The van der Waals surface area contributed by atoms with Crippen LogP contribution < -0.4 is 11.1 Å². The van der Waals surface area contributed by atoms with E-state index in [1.54, 1.807) is 0 Å². The van der Waals surface area contributed by atoms with E-state index in [1.807, 2.05) is 0 Å². The molecule has 1 atom stereocenters. The average molecular weight is 319 g/mol. The molecule has 0 amide bonds. The summed E-state index contributed by atoms with van der Waals surface area (Å²) in [4.78, 5) is 3.86. The Morgan fingerprint density at radius 3 is 2.82 bits per heavy atom. The van der Waals surface area contributed by atoms with E-state index in [2.05, 4.69) is 10.3 Å². The van der Waals surface area contributed by atoms with E-state index in [4.69, 9.17) is 10.5 Å². The molecule has 1 aromatic carbocycles. The Kier molecular flexibility index (Phi) is 5.23. The molecule has 0 radical (unpaired) electrons. The first kappa shape index (κ1) is 16.5. The van der Waals surface area contributed by atoms with Crippen molar-refractivity contribution in [2.75, 3.05) is 13.2 Å². The zero-order valence-corrected chi connectivity index (χ0v) is 11.8. The number of nitrogens with zero attached hydrogens (tertiary/aromatic N) is 1. The molecule has 0 saturated carbocycles. The van der Waals surface area contributed by atoms with Crippen molar-refractivity contribution >= 4 is 5.96 Å². The minimum absolute atomic E-state index is 0.0351. The molecule has 1 heterocycles. The van der Waals surface area contributed by atoms with Crippen LogP contribution in [-0.4, -0.2) is 25.2 Å². The molecule has 22 heavy (non-hydrogen) atoms. The first-order valence-electron chi connectivity index (χ1n) is 6.87. The molecule has 0 spiro atoms. The zero-order valence-electron chi connectivity index (χ0n) is 11.8. The van der Waals surface area contributed by atoms with Crippen molar-refractivity contribution in [1.82, 2.24) is 5.32 Å². The average Bonchev–Trinajstić information content (AvgIpc) is 2.96. The van der Waals surface area contributed by atoms with Crippen molar-refractivity contribution in [2.45, 2.75) is 31.7 Å². The highest BCUT2D eigenvalue weighted by Gasteiger charge is 2.33. The van der Waals surface area contributed by atoms with Gasteiger partial charge < -0.3 is 15.8 Å². The third-order valence-corrected chi connectivity index (χ3v) is 3.33. The highest BCUT2D eigenvalue weighted by molar-refractivity contribution is 5.77. The molecule has 1 aliphatic rings. The lowest BCUT2D eigenvalue weighted by Gasteiger charge is -2.13. The van der Waals surface area contributed by atoms with Crippen molar-refractivity contribution in [3.8, 4) is 0 Å². The number of ether oxygens (including phenoxy) is 1. The summed E-state index contributed by atoms with van der Waals surface area (Å²) in [6.45, 7) is 0.887. The van der Waals surface area contributed by atoms with Crippen LogP contribution in [0.25, 0.3) is 0 Å². The third kappa shape index (κ3) is 4.59. The Morgan fingerprint density at radius 1 is 1.41 bits per heavy atom. The van der Waals surface area contributed by atoms with E-state index in [0.29, 0.717) is 19.2 Å². The predicted octanol–water partition coefficient (Wildman–Crippen LogP) is 2.43. The van der Waals surface area contributed by atoms with Crippen molar-refractivity contribution in [2.24, 2.45) is 10.7 Å². The van der Waals surface area contributed by atoms with Gasteiger partial charge in [-0.1, -0.05) is 6.07 Å². The van der Waals surface area contributed by atoms with Crippen LogP contribution in [0.4, 0.5) is 17.6 Å². The molecule has 1 saturated heterocycles. The summed E-state index contributed by atoms with van der Waals surface area (Å²) in [5, 5.41) is 2.81. The van der Waals surface area contributed by atoms with Crippen molar-refractivity contribution in [1.29, 1.82) is 0 Å². The fourth-order valence-corrected chi connectivity index (χ4v) is 2.20. The Morgan fingerprint density at radius 2 is 2.18 bits per heavy atom. The van der Waals surface area contributed by atoms with Crippen LogP contribution in [-0.2, 0) is 17.5 Å². The van der Waals surface area contributed by atoms with Crippen molar-refractivity contribution in [3.05, 3.63) is 35.1 Å². The number of nitrogens with two attached hydrogens (primary N) is 1. The van der Waals surface area contributed by atoms with Gasteiger partial charge in [0.15, 0.2) is 5.96 Å². The van der Waals surface area contributed by atoms with E-state index >= 15 is 0 Å². The van der Waals surface area contributed by atoms with Gasteiger partial charge in [0.2, 0.25) is 0 Å². The van der Waals surface area contributed by atoms with E-state index in [-0.39, 0.29) is 24.2 Å². The number of alkyl halides is 3. The van der Waals surface area contributed by atoms with Gasteiger partial charge in [-0.15, -0.1) is 0 Å². The van der Waals surface area contributed by atoms with E-state index in [0.717, 1.165) is 25.0 Å². The van der Waals surface area contributed by atoms with Gasteiger partial charge in [0.1, 0.15) is 5.82 Å². The molecule has 0 aliphatic carbocycles. The van der Waals surface area contributed by atoms with Gasteiger partial charge in [0.05, 0.1) is 18.2 Å². The molecule has 0 aromatic heterocycles. The highest BCUT2D eigenvalue weighted by Crippen LogP contribution is 2.32. The molecule has 1 aromatic rings. The third-order valence-electron chi connectivity index (χ3n) is 3.33. The smallest absolute Gasteiger partial charge is 0.376 e. The van der Waals surface area contributed by atoms with Crippen LogP contribution in [0.15, 0.2) is 23.2 Å². The summed E-state index contributed by atoms with van der Waals surface area (Å²) >= 11 is 0. The normalized spacial score (nSPS) is 19.5. The van der Waals surface area contributed by atoms with Gasteiger partial charge in [-0.2, -0.15) is 13.2 Å². The summed E-state index contributed by atoms with van der Waals surface area (Å²) in [6, 6.07) is 2.49. The van der Waals surface area contributed by atoms with E-state index in [9.17, 15) is 17.6 Å².